The normalized spacial score (nSPS) is 11.0. The van der Waals surface area contributed by atoms with E-state index < -0.39 is 0 Å². The second kappa shape index (κ2) is 5.38. The molecule has 3 heterocycles. The van der Waals surface area contributed by atoms with Gasteiger partial charge in [0.15, 0.2) is 4.96 Å². The molecule has 3 aromatic heterocycles. The molecule has 0 aliphatic carbocycles. The lowest BCUT2D eigenvalue weighted by molar-refractivity contribution is 0.397. The molecule has 19 heavy (non-hydrogen) atoms. The molecule has 5 nitrogen and oxygen atoms in total. The molecule has 0 atom stereocenters. The predicted octanol–water partition coefficient (Wildman–Crippen LogP) is 2.09. The van der Waals surface area contributed by atoms with E-state index in [1.807, 2.05) is 34.3 Å². The van der Waals surface area contributed by atoms with Crippen molar-refractivity contribution >= 4 is 16.3 Å². The Bertz CT molecular complexity index is 647. The Hall–Kier alpha value is -1.92. The number of rotatable bonds is 5. The SMILES string of the molecule is COc1cc(CNCc2cn3ccsc3n2)ccn1. The van der Waals surface area contributed by atoms with Gasteiger partial charge in [-0.15, -0.1) is 11.3 Å². The summed E-state index contributed by atoms with van der Waals surface area (Å²) < 4.78 is 7.13. The van der Waals surface area contributed by atoms with Gasteiger partial charge in [-0.05, 0) is 11.6 Å². The number of aromatic nitrogens is 3. The highest BCUT2D eigenvalue weighted by atomic mass is 32.1. The maximum atomic E-state index is 5.10. The Morgan fingerprint density at radius 1 is 1.42 bits per heavy atom. The summed E-state index contributed by atoms with van der Waals surface area (Å²) in [6.07, 6.45) is 5.82. The number of hydrogen-bond acceptors (Lipinski definition) is 5. The molecule has 0 radical (unpaired) electrons. The third kappa shape index (κ3) is 2.74. The number of fused-ring (bicyclic) bond motifs is 1. The number of nitrogens with one attached hydrogen (secondary N) is 1. The Morgan fingerprint density at radius 3 is 3.21 bits per heavy atom. The minimum absolute atomic E-state index is 0.641. The van der Waals surface area contributed by atoms with Crippen LogP contribution < -0.4 is 10.1 Å². The molecular formula is C13H14N4OS. The van der Waals surface area contributed by atoms with Crippen molar-refractivity contribution in [1.29, 1.82) is 0 Å². The first kappa shape index (κ1) is 12.1. The summed E-state index contributed by atoms with van der Waals surface area (Å²) in [4.78, 5) is 9.63. The van der Waals surface area contributed by atoms with Gasteiger partial charge >= 0.3 is 0 Å². The highest BCUT2D eigenvalue weighted by Crippen LogP contribution is 2.12. The predicted molar refractivity (Wildman–Crippen MR) is 74.4 cm³/mol. The zero-order valence-electron chi connectivity index (χ0n) is 10.5. The van der Waals surface area contributed by atoms with Gasteiger partial charge in [0, 0.05) is 43.1 Å². The molecule has 6 heteroatoms. The molecule has 0 amide bonds. The number of nitrogens with zero attached hydrogens (tertiary/aromatic N) is 3. The Morgan fingerprint density at radius 2 is 2.37 bits per heavy atom. The maximum Gasteiger partial charge on any atom is 0.213 e. The Kier molecular flexibility index (Phi) is 3.43. The summed E-state index contributed by atoms with van der Waals surface area (Å²) in [5, 5.41) is 5.40. The van der Waals surface area contributed by atoms with Crippen LogP contribution in [0.3, 0.4) is 0 Å². The van der Waals surface area contributed by atoms with Gasteiger partial charge in [-0.25, -0.2) is 9.97 Å². The average molecular weight is 274 g/mol. The quantitative estimate of drug-likeness (QED) is 0.774. The van der Waals surface area contributed by atoms with Crippen molar-refractivity contribution in [2.45, 2.75) is 13.1 Å². The molecule has 0 unspecified atom stereocenters. The molecule has 0 aliphatic rings. The third-order valence-electron chi connectivity index (χ3n) is 2.79. The second-order valence-corrected chi connectivity index (χ2v) is 5.01. The lowest BCUT2D eigenvalue weighted by atomic mass is 10.2. The molecule has 98 valence electrons. The standard InChI is InChI=1S/C13H14N4OS/c1-18-12-6-10(2-3-15-12)7-14-8-11-9-17-4-5-19-13(17)16-11/h2-6,9,14H,7-8H2,1H3. The lowest BCUT2D eigenvalue weighted by Crippen LogP contribution is -2.13. The van der Waals surface area contributed by atoms with Crippen LogP contribution in [0, 0.1) is 0 Å². The molecule has 1 N–H and O–H groups in total. The zero-order valence-corrected chi connectivity index (χ0v) is 11.4. The van der Waals surface area contributed by atoms with Crippen LogP contribution in [0.2, 0.25) is 0 Å². The molecule has 0 aliphatic heterocycles. The first-order valence-electron chi connectivity index (χ1n) is 5.96. The van der Waals surface area contributed by atoms with Crippen LogP contribution in [0.4, 0.5) is 0 Å². The van der Waals surface area contributed by atoms with Gasteiger partial charge in [0.2, 0.25) is 5.88 Å². The van der Waals surface area contributed by atoms with Gasteiger partial charge in [-0.1, -0.05) is 0 Å². The van der Waals surface area contributed by atoms with E-state index in [4.69, 9.17) is 4.74 Å². The average Bonchev–Trinajstić information content (AvgIpc) is 3.00. The highest BCUT2D eigenvalue weighted by Gasteiger charge is 2.02. The van der Waals surface area contributed by atoms with Crippen molar-refractivity contribution in [3.05, 3.63) is 47.4 Å². The smallest absolute Gasteiger partial charge is 0.213 e. The summed E-state index contributed by atoms with van der Waals surface area (Å²) in [6, 6.07) is 3.90. The molecule has 0 bridgehead atoms. The van der Waals surface area contributed by atoms with Gasteiger partial charge in [0.1, 0.15) is 0 Å². The van der Waals surface area contributed by atoms with Crippen molar-refractivity contribution in [2.75, 3.05) is 7.11 Å². The van der Waals surface area contributed by atoms with E-state index in [1.54, 1.807) is 24.6 Å². The Labute approximate surface area is 114 Å². The molecule has 0 spiro atoms. The van der Waals surface area contributed by atoms with Crippen LogP contribution in [0.15, 0.2) is 36.1 Å². The van der Waals surface area contributed by atoms with Gasteiger partial charge in [-0.2, -0.15) is 0 Å². The molecule has 0 saturated heterocycles. The molecule has 0 saturated carbocycles. The van der Waals surface area contributed by atoms with Crippen LogP contribution in [-0.2, 0) is 13.1 Å². The van der Waals surface area contributed by atoms with E-state index in [9.17, 15) is 0 Å². The van der Waals surface area contributed by atoms with Crippen molar-refractivity contribution in [3.63, 3.8) is 0 Å². The largest absolute Gasteiger partial charge is 0.481 e. The molecule has 3 rings (SSSR count). The minimum Gasteiger partial charge on any atom is -0.481 e. The summed E-state index contributed by atoms with van der Waals surface area (Å²) in [5.41, 5.74) is 2.20. The molecule has 0 fully saturated rings. The lowest BCUT2D eigenvalue weighted by Gasteiger charge is -2.04. The van der Waals surface area contributed by atoms with Crippen LogP contribution in [0.5, 0.6) is 5.88 Å². The first-order valence-corrected chi connectivity index (χ1v) is 6.84. The van der Waals surface area contributed by atoms with Crippen LogP contribution in [-0.4, -0.2) is 21.5 Å². The van der Waals surface area contributed by atoms with Gasteiger partial charge < -0.3 is 10.1 Å². The fourth-order valence-corrected chi connectivity index (χ4v) is 2.59. The number of thiazole rings is 1. The highest BCUT2D eigenvalue weighted by molar-refractivity contribution is 7.15. The summed E-state index contributed by atoms with van der Waals surface area (Å²) in [6.45, 7) is 1.52. The Balaban J connectivity index is 1.59. The van der Waals surface area contributed by atoms with E-state index >= 15 is 0 Å². The third-order valence-corrected chi connectivity index (χ3v) is 3.56. The summed E-state index contributed by atoms with van der Waals surface area (Å²) in [5.74, 6) is 0.641. The topological polar surface area (TPSA) is 51.5 Å². The van der Waals surface area contributed by atoms with Gasteiger partial charge in [0.25, 0.3) is 0 Å². The number of hydrogen-bond donors (Lipinski definition) is 1. The van der Waals surface area contributed by atoms with E-state index in [-0.39, 0.29) is 0 Å². The van der Waals surface area contributed by atoms with Crippen molar-refractivity contribution in [2.24, 2.45) is 0 Å². The molecule has 0 aromatic carbocycles. The van der Waals surface area contributed by atoms with Gasteiger partial charge in [0.05, 0.1) is 12.8 Å². The van der Waals surface area contributed by atoms with Crippen LogP contribution in [0.25, 0.3) is 4.96 Å². The summed E-state index contributed by atoms with van der Waals surface area (Å²) in [7, 11) is 1.62. The molecule has 3 aromatic rings. The number of methoxy groups -OCH3 is 1. The van der Waals surface area contributed by atoms with E-state index in [0.717, 1.165) is 29.3 Å². The number of ether oxygens (including phenoxy) is 1. The van der Waals surface area contributed by atoms with Crippen LogP contribution >= 0.6 is 11.3 Å². The molecular weight excluding hydrogens is 260 g/mol. The second-order valence-electron chi connectivity index (χ2n) is 4.14. The van der Waals surface area contributed by atoms with Crippen molar-refractivity contribution in [3.8, 4) is 5.88 Å². The summed E-state index contributed by atoms with van der Waals surface area (Å²) >= 11 is 1.64. The maximum absolute atomic E-state index is 5.10. The fraction of sp³-hybridized carbons (Fsp3) is 0.231. The van der Waals surface area contributed by atoms with E-state index in [0.29, 0.717) is 5.88 Å². The van der Waals surface area contributed by atoms with E-state index in [1.165, 1.54) is 0 Å². The van der Waals surface area contributed by atoms with Crippen molar-refractivity contribution < 1.29 is 4.74 Å². The monoisotopic (exact) mass is 274 g/mol. The minimum atomic E-state index is 0.641. The van der Waals surface area contributed by atoms with E-state index in [2.05, 4.69) is 15.3 Å². The van der Waals surface area contributed by atoms with Gasteiger partial charge in [-0.3, -0.25) is 4.40 Å². The van der Waals surface area contributed by atoms with Crippen LogP contribution in [0.1, 0.15) is 11.3 Å². The zero-order chi connectivity index (χ0) is 13.1. The fourth-order valence-electron chi connectivity index (χ4n) is 1.87. The van der Waals surface area contributed by atoms with Crippen molar-refractivity contribution in [1.82, 2.24) is 19.7 Å². The first-order chi connectivity index (χ1) is 9.35. The number of pyridine rings is 1. The number of imidazole rings is 1.